The number of hydrogen-bond acceptors (Lipinski definition) is 3. The van der Waals surface area contributed by atoms with E-state index in [0.717, 1.165) is 5.56 Å². The lowest BCUT2D eigenvalue weighted by Crippen LogP contribution is -2.00. The molecule has 0 radical (unpaired) electrons. The Morgan fingerprint density at radius 2 is 1.95 bits per heavy atom. The van der Waals surface area contributed by atoms with Gasteiger partial charge in [-0.25, -0.2) is 4.39 Å². The van der Waals surface area contributed by atoms with Gasteiger partial charge in [-0.05, 0) is 36.8 Å². The molecular weight excluding hydrogens is 269 g/mol. The predicted molar refractivity (Wildman–Crippen MR) is 76.3 cm³/mol. The summed E-state index contributed by atoms with van der Waals surface area (Å²) >= 11 is 0. The van der Waals surface area contributed by atoms with Gasteiger partial charge in [0.15, 0.2) is 0 Å². The van der Waals surface area contributed by atoms with Gasteiger partial charge in [0.1, 0.15) is 24.0 Å². The fraction of sp³-hybridized carbons (Fsp3) is 0.176. The molecule has 0 fully saturated rings. The minimum absolute atomic E-state index is 0.0869. The van der Waals surface area contributed by atoms with Crippen LogP contribution in [0.25, 0.3) is 0 Å². The van der Waals surface area contributed by atoms with Gasteiger partial charge in [-0.15, -0.1) is 0 Å². The molecule has 2 rings (SSSR count). The van der Waals surface area contributed by atoms with E-state index in [1.54, 1.807) is 18.2 Å². The van der Waals surface area contributed by atoms with Gasteiger partial charge in [-0.1, -0.05) is 18.2 Å². The van der Waals surface area contributed by atoms with E-state index in [1.165, 1.54) is 19.1 Å². The average molecular weight is 283 g/mol. The molecule has 0 atom stereocenters. The van der Waals surface area contributed by atoms with Crippen molar-refractivity contribution in [2.45, 2.75) is 20.0 Å². The van der Waals surface area contributed by atoms with Gasteiger partial charge >= 0.3 is 0 Å². The molecule has 3 nitrogen and oxygen atoms in total. The largest absolute Gasteiger partial charge is 0.489 e. The molecule has 106 valence electrons. The number of ether oxygens (including phenoxy) is 1. The van der Waals surface area contributed by atoms with Crippen LogP contribution in [-0.4, -0.2) is 5.78 Å². The molecule has 4 heteroatoms. The van der Waals surface area contributed by atoms with Crippen LogP contribution in [0.5, 0.6) is 5.75 Å². The molecule has 2 aromatic carbocycles. The highest BCUT2D eigenvalue weighted by molar-refractivity contribution is 5.78. The minimum Gasteiger partial charge on any atom is -0.489 e. The van der Waals surface area contributed by atoms with E-state index in [1.807, 2.05) is 18.2 Å². The van der Waals surface area contributed by atoms with Crippen molar-refractivity contribution in [2.24, 2.45) is 0 Å². The molecular formula is C17H14FNO2. The van der Waals surface area contributed by atoms with Crippen LogP contribution in [0.4, 0.5) is 4.39 Å². The van der Waals surface area contributed by atoms with Crippen molar-refractivity contribution in [2.75, 3.05) is 0 Å². The normalized spacial score (nSPS) is 9.95. The number of rotatable bonds is 5. The summed E-state index contributed by atoms with van der Waals surface area (Å²) in [6.45, 7) is 1.63. The predicted octanol–water partition coefficient (Wildman–Crippen LogP) is 3.41. The van der Waals surface area contributed by atoms with E-state index in [9.17, 15) is 9.18 Å². The molecule has 0 aromatic heterocycles. The number of hydrogen-bond donors (Lipinski definition) is 0. The summed E-state index contributed by atoms with van der Waals surface area (Å²) in [7, 11) is 0. The van der Waals surface area contributed by atoms with Gasteiger partial charge in [0.25, 0.3) is 0 Å². The number of Topliss-reactive ketones (excluding diaryl/α,β-unsaturated/α-hetero) is 1. The summed E-state index contributed by atoms with van der Waals surface area (Å²) in [6, 6.07) is 13.3. The highest BCUT2D eigenvalue weighted by Crippen LogP contribution is 2.16. The lowest BCUT2D eigenvalue weighted by atomic mass is 10.1. The summed E-state index contributed by atoms with van der Waals surface area (Å²) < 4.78 is 19.2. The van der Waals surface area contributed by atoms with Crippen LogP contribution in [0.3, 0.4) is 0 Å². The maximum atomic E-state index is 13.7. The molecule has 0 aliphatic heterocycles. The first-order valence-electron chi connectivity index (χ1n) is 6.48. The monoisotopic (exact) mass is 283 g/mol. The van der Waals surface area contributed by atoms with Gasteiger partial charge in [0, 0.05) is 12.0 Å². The van der Waals surface area contributed by atoms with Gasteiger partial charge in [-0.3, -0.25) is 4.79 Å². The molecule has 0 aliphatic rings. The Hall–Kier alpha value is -2.67. The van der Waals surface area contributed by atoms with E-state index in [2.05, 4.69) is 0 Å². The number of halogens is 1. The Bertz CT molecular complexity index is 687. The van der Waals surface area contributed by atoms with Crippen LogP contribution in [0.15, 0.2) is 42.5 Å². The third-order valence-electron chi connectivity index (χ3n) is 2.95. The van der Waals surface area contributed by atoms with Gasteiger partial charge in [0.05, 0.1) is 11.6 Å². The third kappa shape index (κ3) is 4.15. The summed E-state index contributed by atoms with van der Waals surface area (Å²) in [4.78, 5) is 11.0. The molecule has 2 aromatic rings. The third-order valence-corrected chi connectivity index (χ3v) is 2.95. The number of ketones is 1. The summed E-state index contributed by atoms with van der Waals surface area (Å²) in [5.74, 6) is 0.247. The highest BCUT2D eigenvalue weighted by Gasteiger charge is 2.05. The van der Waals surface area contributed by atoms with Crippen LogP contribution >= 0.6 is 0 Å². The Balaban J connectivity index is 2.00. The van der Waals surface area contributed by atoms with Gasteiger partial charge in [0.2, 0.25) is 0 Å². The van der Waals surface area contributed by atoms with Crippen LogP contribution < -0.4 is 4.74 Å². The van der Waals surface area contributed by atoms with Crippen molar-refractivity contribution < 1.29 is 13.9 Å². The van der Waals surface area contributed by atoms with Crippen molar-refractivity contribution >= 4 is 5.78 Å². The van der Waals surface area contributed by atoms with Crippen molar-refractivity contribution in [1.29, 1.82) is 5.26 Å². The number of nitriles is 1. The molecule has 0 unspecified atom stereocenters. The second kappa shape index (κ2) is 6.67. The summed E-state index contributed by atoms with van der Waals surface area (Å²) in [5, 5.41) is 8.68. The molecule has 0 amide bonds. The van der Waals surface area contributed by atoms with Crippen molar-refractivity contribution in [3.8, 4) is 11.8 Å². The first kappa shape index (κ1) is 14.7. The van der Waals surface area contributed by atoms with E-state index in [4.69, 9.17) is 10.00 Å². The zero-order valence-corrected chi connectivity index (χ0v) is 11.6. The number of nitrogens with zero attached hydrogens (tertiary/aromatic N) is 1. The molecule has 21 heavy (non-hydrogen) atoms. The number of carbonyl (C=O) groups is 1. The first-order chi connectivity index (χ1) is 10.1. The smallest absolute Gasteiger partial charge is 0.134 e. The van der Waals surface area contributed by atoms with E-state index >= 15 is 0 Å². The maximum absolute atomic E-state index is 13.7. The number of carbonyl (C=O) groups excluding carboxylic acids is 1. The van der Waals surface area contributed by atoms with Crippen LogP contribution in [0.2, 0.25) is 0 Å². The van der Waals surface area contributed by atoms with Crippen LogP contribution in [0.1, 0.15) is 23.6 Å². The van der Waals surface area contributed by atoms with Crippen molar-refractivity contribution in [3.05, 3.63) is 65.0 Å². The molecule has 0 aliphatic carbocycles. The standard InChI is InChI=1S/C17H14FNO2/c1-12(20)8-13-3-6-16(7-4-13)21-11-15-5-2-14(10-19)9-17(15)18/h2-7,9H,8,11H2,1H3. The fourth-order valence-corrected chi connectivity index (χ4v) is 1.89. The molecule has 0 saturated carbocycles. The number of benzene rings is 2. The lowest BCUT2D eigenvalue weighted by molar-refractivity contribution is -0.116. The molecule has 0 saturated heterocycles. The average Bonchev–Trinajstić information content (AvgIpc) is 2.47. The van der Waals surface area contributed by atoms with E-state index in [-0.39, 0.29) is 18.0 Å². The second-order valence-corrected chi connectivity index (χ2v) is 4.73. The van der Waals surface area contributed by atoms with E-state index < -0.39 is 5.82 Å². The Kier molecular flexibility index (Phi) is 4.68. The second-order valence-electron chi connectivity index (χ2n) is 4.73. The first-order valence-corrected chi connectivity index (χ1v) is 6.48. The van der Waals surface area contributed by atoms with Crippen LogP contribution in [-0.2, 0) is 17.8 Å². The van der Waals surface area contributed by atoms with Gasteiger partial charge < -0.3 is 4.74 Å². The Morgan fingerprint density at radius 3 is 2.52 bits per heavy atom. The zero-order chi connectivity index (χ0) is 15.2. The maximum Gasteiger partial charge on any atom is 0.134 e. The SMILES string of the molecule is CC(=O)Cc1ccc(OCc2ccc(C#N)cc2F)cc1. The zero-order valence-electron chi connectivity index (χ0n) is 11.6. The minimum atomic E-state index is -0.456. The molecule has 0 heterocycles. The van der Waals surface area contributed by atoms with E-state index in [0.29, 0.717) is 17.7 Å². The Labute approximate surface area is 122 Å². The topological polar surface area (TPSA) is 50.1 Å². The van der Waals surface area contributed by atoms with Crippen molar-refractivity contribution in [1.82, 2.24) is 0 Å². The fourth-order valence-electron chi connectivity index (χ4n) is 1.89. The lowest BCUT2D eigenvalue weighted by Gasteiger charge is -2.08. The quantitative estimate of drug-likeness (QED) is 0.845. The van der Waals surface area contributed by atoms with Gasteiger partial charge in [-0.2, -0.15) is 5.26 Å². The molecule has 0 bridgehead atoms. The summed E-state index contributed by atoms with van der Waals surface area (Å²) in [5.41, 5.74) is 1.59. The molecule has 0 N–H and O–H groups in total. The molecule has 0 spiro atoms. The highest BCUT2D eigenvalue weighted by atomic mass is 19.1. The Morgan fingerprint density at radius 1 is 1.24 bits per heavy atom. The van der Waals surface area contributed by atoms with Crippen molar-refractivity contribution in [3.63, 3.8) is 0 Å². The van der Waals surface area contributed by atoms with Crippen LogP contribution in [0, 0.1) is 17.1 Å². The summed E-state index contributed by atoms with van der Waals surface area (Å²) in [6.07, 6.45) is 0.393.